The monoisotopic (exact) mass is 191 g/mol. The molecule has 0 saturated carbocycles. The summed E-state index contributed by atoms with van der Waals surface area (Å²) in [4.78, 5) is 10.5. The molecule has 1 heterocycles. The molecule has 0 amide bonds. The molecule has 13 heavy (non-hydrogen) atoms. The number of carbonyl (C=O) groups excluding carboxylic acids is 1. The molecule has 0 aromatic carbocycles. The highest BCUT2D eigenvalue weighted by molar-refractivity contribution is 5.59. The van der Waals surface area contributed by atoms with Crippen LogP contribution >= 0.6 is 0 Å². The SMILES string of the molecule is COC(=O)OC[C@H]1O[CH][C@H](O)[C@@H]1O. The molecule has 3 atom stereocenters. The summed E-state index contributed by atoms with van der Waals surface area (Å²) in [6.45, 7) is 0.942. The number of aliphatic hydroxyl groups excluding tert-OH is 2. The molecule has 1 fully saturated rings. The lowest BCUT2D eigenvalue weighted by atomic mass is 10.2. The smallest absolute Gasteiger partial charge is 0.438 e. The summed E-state index contributed by atoms with van der Waals surface area (Å²) in [6, 6.07) is 0. The van der Waals surface area contributed by atoms with E-state index >= 15 is 0 Å². The first kappa shape index (κ1) is 10.2. The van der Waals surface area contributed by atoms with Gasteiger partial charge in [-0.25, -0.2) is 4.79 Å². The predicted molar refractivity (Wildman–Crippen MR) is 39.5 cm³/mol. The fraction of sp³-hybridized carbons (Fsp3) is 0.714. The number of aliphatic hydroxyl groups is 2. The van der Waals surface area contributed by atoms with Gasteiger partial charge in [0.1, 0.15) is 31.5 Å². The van der Waals surface area contributed by atoms with Crippen molar-refractivity contribution >= 4 is 6.16 Å². The van der Waals surface area contributed by atoms with E-state index in [1.54, 1.807) is 0 Å². The van der Waals surface area contributed by atoms with Crippen molar-refractivity contribution in [3.8, 4) is 0 Å². The first-order valence-corrected chi connectivity index (χ1v) is 3.71. The summed E-state index contributed by atoms with van der Waals surface area (Å²) in [7, 11) is 1.18. The molecule has 0 aromatic rings. The molecule has 1 aliphatic heterocycles. The van der Waals surface area contributed by atoms with Gasteiger partial charge in [-0.15, -0.1) is 0 Å². The molecule has 1 aliphatic rings. The van der Waals surface area contributed by atoms with Crippen LogP contribution in [-0.4, -0.2) is 48.4 Å². The van der Waals surface area contributed by atoms with E-state index < -0.39 is 24.5 Å². The Morgan fingerprint density at radius 2 is 2.31 bits per heavy atom. The van der Waals surface area contributed by atoms with E-state index in [0.29, 0.717) is 0 Å². The second-order valence-electron chi connectivity index (χ2n) is 2.56. The van der Waals surface area contributed by atoms with E-state index in [1.165, 1.54) is 7.11 Å². The Bertz CT molecular complexity index is 182. The normalized spacial score (nSPS) is 33.0. The zero-order valence-corrected chi connectivity index (χ0v) is 7.04. The molecule has 1 saturated heterocycles. The first-order valence-electron chi connectivity index (χ1n) is 3.71. The van der Waals surface area contributed by atoms with Gasteiger partial charge in [0, 0.05) is 0 Å². The van der Waals surface area contributed by atoms with Crippen LogP contribution in [0.25, 0.3) is 0 Å². The first-order chi connectivity index (χ1) is 6.15. The molecule has 0 spiro atoms. The fourth-order valence-corrected chi connectivity index (χ4v) is 0.909. The summed E-state index contributed by atoms with van der Waals surface area (Å²) in [5, 5.41) is 18.2. The van der Waals surface area contributed by atoms with Gasteiger partial charge < -0.3 is 24.4 Å². The highest BCUT2D eigenvalue weighted by atomic mass is 16.7. The fourth-order valence-electron chi connectivity index (χ4n) is 0.909. The molecule has 0 bridgehead atoms. The van der Waals surface area contributed by atoms with Gasteiger partial charge in [-0.2, -0.15) is 0 Å². The van der Waals surface area contributed by atoms with Crippen molar-refractivity contribution < 1.29 is 29.2 Å². The van der Waals surface area contributed by atoms with Crippen molar-refractivity contribution in [1.29, 1.82) is 0 Å². The van der Waals surface area contributed by atoms with E-state index in [4.69, 9.17) is 9.84 Å². The summed E-state index contributed by atoms with van der Waals surface area (Å²) in [6.07, 6.45) is -3.68. The third-order valence-electron chi connectivity index (χ3n) is 1.66. The second-order valence-corrected chi connectivity index (χ2v) is 2.56. The lowest BCUT2D eigenvalue weighted by Gasteiger charge is -2.13. The molecule has 0 aliphatic carbocycles. The standard InChI is InChI=1S/C7H11O6/c1-11-7(10)13-3-5-6(9)4(8)2-12-5/h2,4-6,8-9H,3H2,1H3/t4-,5+,6-/m0/s1. The average molecular weight is 191 g/mol. The zero-order valence-electron chi connectivity index (χ0n) is 7.04. The van der Waals surface area contributed by atoms with Gasteiger partial charge in [0.25, 0.3) is 0 Å². The summed E-state index contributed by atoms with van der Waals surface area (Å²) < 4.78 is 13.5. The van der Waals surface area contributed by atoms with Gasteiger partial charge in [0.15, 0.2) is 0 Å². The predicted octanol–water partition coefficient (Wildman–Crippen LogP) is -0.948. The summed E-state index contributed by atoms with van der Waals surface area (Å²) >= 11 is 0. The van der Waals surface area contributed by atoms with E-state index in [9.17, 15) is 9.90 Å². The molecule has 1 radical (unpaired) electrons. The average Bonchev–Trinajstić information content (AvgIpc) is 2.44. The van der Waals surface area contributed by atoms with E-state index in [2.05, 4.69) is 9.47 Å². The molecule has 0 unspecified atom stereocenters. The Hall–Kier alpha value is -0.850. The molecular formula is C7H11O6. The van der Waals surface area contributed by atoms with Crippen molar-refractivity contribution in [2.45, 2.75) is 18.3 Å². The van der Waals surface area contributed by atoms with Crippen LogP contribution in [0.15, 0.2) is 0 Å². The second kappa shape index (κ2) is 4.40. The molecule has 6 nitrogen and oxygen atoms in total. The molecule has 0 aromatic heterocycles. The van der Waals surface area contributed by atoms with Crippen LogP contribution in [0.2, 0.25) is 0 Å². The molecule has 2 N–H and O–H groups in total. The zero-order chi connectivity index (χ0) is 9.84. The van der Waals surface area contributed by atoms with Crippen LogP contribution in [0.1, 0.15) is 0 Å². The maximum atomic E-state index is 10.5. The molecule has 6 heteroatoms. The Morgan fingerprint density at radius 1 is 1.62 bits per heavy atom. The number of methoxy groups -OCH3 is 1. The maximum absolute atomic E-state index is 10.5. The van der Waals surface area contributed by atoms with Crippen LogP contribution < -0.4 is 0 Å². The minimum atomic E-state index is -1.07. The van der Waals surface area contributed by atoms with E-state index in [-0.39, 0.29) is 6.61 Å². The van der Waals surface area contributed by atoms with Crippen LogP contribution in [0.4, 0.5) is 4.79 Å². The van der Waals surface area contributed by atoms with Gasteiger partial charge >= 0.3 is 6.16 Å². The van der Waals surface area contributed by atoms with Crippen molar-refractivity contribution in [3.05, 3.63) is 6.61 Å². The van der Waals surface area contributed by atoms with Gasteiger partial charge in [-0.3, -0.25) is 0 Å². The number of rotatable bonds is 2. The van der Waals surface area contributed by atoms with Crippen LogP contribution in [-0.2, 0) is 14.2 Å². The van der Waals surface area contributed by atoms with Crippen molar-refractivity contribution in [3.63, 3.8) is 0 Å². The number of carbonyl (C=O) groups is 1. The highest BCUT2D eigenvalue weighted by Crippen LogP contribution is 2.17. The van der Waals surface area contributed by atoms with Crippen LogP contribution in [0.3, 0.4) is 0 Å². The molecule has 1 rings (SSSR count). The molecule has 75 valence electrons. The summed E-state index contributed by atoms with van der Waals surface area (Å²) in [5.74, 6) is 0. The van der Waals surface area contributed by atoms with E-state index in [1.807, 2.05) is 0 Å². The topological polar surface area (TPSA) is 85.2 Å². The summed E-state index contributed by atoms with van der Waals surface area (Å²) in [5.41, 5.74) is 0. The Balaban J connectivity index is 2.26. The Labute approximate surface area is 75.0 Å². The lowest BCUT2D eigenvalue weighted by molar-refractivity contribution is -0.0209. The van der Waals surface area contributed by atoms with Gasteiger partial charge in [0.05, 0.1) is 7.11 Å². The minimum Gasteiger partial charge on any atom is -0.438 e. The van der Waals surface area contributed by atoms with Crippen molar-refractivity contribution in [1.82, 2.24) is 0 Å². The van der Waals surface area contributed by atoms with Gasteiger partial charge in [-0.05, 0) is 0 Å². The molecular weight excluding hydrogens is 180 g/mol. The third-order valence-corrected chi connectivity index (χ3v) is 1.66. The quantitative estimate of drug-likeness (QED) is 0.547. The number of hydrogen-bond acceptors (Lipinski definition) is 6. The third kappa shape index (κ3) is 2.55. The van der Waals surface area contributed by atoms with E-state index in [0.717, 1.165) is 6.61 Å². The minimum absolute atomic E-state index is 0.151. The van der Waals surface area contributed by atoms with Gasteiger partial charge in [0.2, 0.25) is 0 Å². The number of ether oxygens (including phenoxy) is 3. The Kier molecular flexibility index (Phi) is 3.47. The lowest BCUT2D eigenvalue weighted by Crippen LogP contribution is -2.33. The maximum Gasteiger partial charge on any atom is 0.508 e. The van der Waals surface area contributed by atoms with Crippen LogP contribution in [0, 0.1) is 6.61 Å². The highest BCUT2D eigenvalue weighted by Gasteiger charge is 2.35. The van der Waals surface area contributed by atoms with Crippen molar-refractivity contribution in [2.24, 2.45) is 0 Å². The Morgan fingerprint density at radius 3 is 2.77 bits per heavy atom. The number of hydrogen-bond donors (Lipinski definition) is 2. The van der Waals surface area contributed by atoms with Crippen molar-refractivity contribution in [2.75, 3.05) is 13.7 Å². The van der Waals surface area contributed by atoms with Crippen LogP contribution in [0.5, 0.6) is 0 Å². The largest absolute Gasteiger partial charge is 0.508 e. The van der Waals surface area contributed by atoms with Gasteiger partial charge in [-0.1, -0.05) is 0 Å².